The second-order valence-electron chi connectivity index (χ2n) is 5.36. The van der Waals surface area contributed by atoms with Crippen molar-refractivity contribution in [1.29, 1.82) is 0 Å². The fraction of sp³-hybridized carbons (Fsp3) is 0.188. The summed E-state index contributed by atoms with van der Waals surface area (Å²) in [5.74, 6) is 0.575. The standard InChI is InChI=1S/C16H15N5O3S2/c1-10-12(5-2-6-13(10)21(23)24)17-15(22)9-26-16-18-14(19-20-16)8-11-4-3-7-25-11/h2-7H,8-9H2,1H3,(H,17,22)(H,18,19,20). The van der Waals surface area contributed by atoms with Gasteiger partial charge >= 0.3 is 0 Å². The number of nitrogens with zero attached hydrogens (tertiary/aromatic N) is 3. The van der Waals surface area contributed by atoms with E-state index >= 15 is 0 Å². The lowest BCUT2D eigenvalue weighted by atomic mass is 10.1. The first-order valence-electron chi connectivity index (χ1n) is 7.63. The predicted molar refractivity (Wildman–Crippen MR) is 101 cm³/mol. The zero-order valence-electron chi connectivity index (χ0n) is 13.8. The minimum Gasteiger partial charge on any atom is -0.325 e. The number of nitrogens with one attached hydrogen (secondary N) is 2. The number of amides is 1. The van der Waals surface area contributed by atoms with Gasteiger partial charge in [-0.3, -0.25) is 20.0 Å². The van der Waals surface area contributed by atoms with Gasteiger partial charge in [-0.25, -0.2) is 4.98 Å². The Morgan fingerprint density at radius 1 is 1.38 bits per heavy atom. The van der Waals surface area contributed by atoms with Gasteiger partial charge in [0.1, 0.15) is 5.82 Å². The van der Waals surface area contributed by atoms with Crippen molar-refractivity contribution >= 4 is 40.4 Å². The normalized spacial score (nSPS) is 10.7. The summed E-state index contributed by atoms with van der Waals surface area (Å²) in [5, 5.41) is 23.1. The Balaban J connectivity index is 1.55. The maximum absolute atomic E-state index is 12.1. The van der Waals surface area contributed by atoms with Crippen LogP contribution in [0.25, 0.3) is 0 Å². The summed E-state index contributed by atoms with van der Waals surface area (Å²) in [5.41, 5.74) is 0.827. The molecule has 26 heavy (non-hydrogen) atoms. The monoisotopic (exact) mass is 389 g/mol. The maximum Gasteiger partial charge on any atom is 0.274 e. The number of nitro groups is 1. The smallest absolute Gasteiger partial charge is 0.274 e. The minimum absolute atomic E-state index is 0.0253. The van der Waals surface area contributed by atoms with Crippen LogP contribution < -0.4 is 5.32 Å². The van der Waals surface area contributed by atoms with Crippen molar-refractivity contribution < 1.29 is 9.72 Å². The molecule has 10 heteroatoms. The van der Waals surface area contributed by atoms with Crippen LogP contribution >= 0.6 is 23.1 Å². The molecule has 0 fully saturated rings. The molecule has 134 valence electrons. The molecule has 8 nitrogen and oxygen atoms in total. The van der Waals surface area contributed by atoms with Gasteiger partial charge in [-0.2, -0.15) is 0 Å². The molecule has 0 bridgehead atoms. The van der Waals surface area contributed by atoms with Gasteiger partial charge in [0.2, 0.25) is 11.1 Å². The lowest BCUT2D eigenvalue weighted by Crippen LogP contribution is -2.15. The lowest BCUT2D eigenvalue weighted by Gasteiger charge is -2.07. The molecule has 0 spiro atoms. The highest BCUT2D eigenvalue weighted by Crippen LogP contribution is 2.25. The number of carbonyl (C=O) groups excluding carboxylic acids is 1. The quantitative estimate of drug-likeness (QED) is 0.364. The largest absolute Gasteiger partial charge is 0.325 e. The Morgan fingerprint density at radius 2 is 2.23 bits per heavy atom. The molecule has 2 N–H and O–H groups in total. The summed E-state index contributed by atoms with van der Waals surface area (Å²) in [6.07, 6.45) is 0.671. The van der Waals surface area contributed by atoms with Gasteiger partial charge in [0.05, 0.1) is 21.9 Å². The van der Waals surface area contributed by atoms with Gasteiger partial charge in [0.15, 0.2) is 0 Å². The van der Waals surface area contributed by atoms with E-state index in [1.165, 1.54) is 22.7 Å². The zero-order valence-corrected chi connectivity index (χ0v) is 15.4. The summed E-state index contributed by atoms with van der Waals surface area (Å²) < 4.78 is 0. The Morgan fingerprint density at radius 3 is 2.96 bits per heavy atom. The van der Waals surface area contributed by atoms with Gasteiger partial charge < -0.3 is 5.32 Å². The number of hydrogen-bond acceptors (Lipinski definition) is 7. The number of aromatic amines is 1. The van der Waals surface area contributed by atoms with Gasteiger partial charge in [-0.15, -0.1) is 16.4 Å². The average molecular weight is 389 g/mol. The first kappa shape index (κ1) is 18.1. The van der Waals surface area contributed by atoms with Crippen LogP contribution in [0.2, 0.25) is 0 Å². The van der Waals surface area contributed by atoms with E-state index < -0.39 is 4.92 Å². The molecule has 0 saturated carbocycles. The molecule has 2 heterocycles. The van der Waals surface area contributed by atoms with Gasteiger partial charge in [0, 0.05) is 17.4 Å². The predicted octanol–water partition coefficient (Wildman–Crippen LogP) is 3.40. The van der Waals surface area contributed by atoms with Gasteiger partial charge in [0.25, 0.3) is 5.69 Å². The topological polar surface area (TPSA) is 114 Å². The Bertz CT molecular complexity index is 924. The second-order valence-corrected chi connectivity index (χ2v) is 7.34. The number of aromatic nitrogens is 3. The third-order valence-corrected chi connectivity index (χ3v) is 5.27. The number of nitro benzene ring substituents is 1. The van der Waals surface area contributed by atoms with E-state index in [1.54, 1.807) is 30.4 Å². The van der Waals surface area contributed by atoms with E-state index in [0.29, 0.717) is 22.8 Å². The molecular weight excluding hydrogens is 374 g/mol. The maximum atomic E-state index is 12.1. The summed E-state index contributed by atoms with van der Waals surface area (Å²) in [4.78, 5) is 28.1. The number of rotatable bonds is 7. The lowest BCUT2D eigenvalue weighted by molar-refractivity contribution is -0.385. The van der Waals surface area contributed by atoms with E-state index in [1.807, 2.05) is 17.5 Å². The number of carbonyl (C=O) groups is 1. The molecule has 1 amide bonds. The van der Waals surface area contributed by atoms with Crippen molar-refractivity contribution in [3.8, 4) is 0 Å². The van der Waals surface area contributed by atoms with Gasteiger partial charge in [-0.1, -0.05) is 23.9 Å². The molecule has 0 radical (unpaired) electrons. The average Bonchev–Trinajstić information content (AvgIpc) is 3.27. The van der Waals surface area contributed by atoms with Crippen LogP contribution in [0, 0.1) is 17.0 Å². The molecule has 2 aromatic heterocycles. The highest BCUT2D eigenvalue weighted by atomic mass is 32.2. The third kappa shape index (κ3) is 4.46. The van der Waals surface area contributed by atoms with Crippen LogP contribution in [0.5, 0.6) is 0 Å². The van der Waals surface area contributed by atoms with Crippen molar-refractivity contribution in [2.45, 2.75) is 18.5 Å². The van der Waals surface area contributed by atoms with Crippen molar-refractivity contribution in [1.82, 2.24) is 15.2 Å². The molecule has 0 aliphatic carbocycles. The molecule has 0 aliphatic rings. The van der Waals surface area contributed by atoms with Crippen LogP contribution in [-0.4, -0.2) is 31.8 Å². The Labute approximate surface area is 157 Å². The minimum atomic E-state index is -0.470. The Hall–Kier alpha value is -2.72. The zero-order chi connectivity index (χ0) is 18.5. The number of anilines is 1. The fourth-order valence-electron chi connectivity index (χ4n) is 2.27. The number of hydrogen-bond donors (Lipinski definition) is 2. The molecule has 3 aromatic rings. The van der Waals surface area contributed by atoms with E-state index in [-0.39, 0.29) is 17.3 Å². The van der Waals surface area contributed by atoms with Crippen molar-refractivity contribution in [3.63, 3.8) is 0 Å². The molecule has 0 saturated heterocycles. The molecular formula is C16H15N5O3S2. The molecule has 0 aliphatic heterocycles. The molecule has 0 atom stereocenters. The summed E-state index contributed by atoms with van der Waals surface area (Å²) in [6, 6.07) is 8.58. The SMILES string of the molecule is Cc1c(NC(=O)CSc2n[nH]c(Cc3cccs3)n2)cccc1[N+](=O)[O-]. The van der Waals surface area contributed by atoms with Crippen molar-refractivity contribution in [2.24, 2.45) is 0 Å². The summed E-state index contributed by atoms with van der Waals surface area (Å²) in [7, 11) is 0. The number of H-pyrrole nitrogens is 1. The summed E-state index contributed by atoms with van der Waals surface area (Å²) in [6.45, 7) is 1.60. The molecule has 1 aromatic carbocycles. The van der Waals surface area contributed by atoms with Crippen molar-refractivity contribution in [3.05, 3.63) is 62.1 Å². The highest BCUT2D eigenvalue weighted by molar-refractivity contribution is 7.99. The first-order valence-corrected chi connectivity index (χ1v) is 9.50. The van der Waals surface area contributed by atoms with E-state index in [2.05, 4.69) is 20.5 Å². The van der Waals surface area contributed by atoms with Crippen LogP contribution in [-0.2, 0) is 11.2 Å². The number of thioether (sulfide) groups is 1. The van der Waals surface area contributed by atoms with Crippen LogP contribution in [0.4, 0.5) is 11.4 Å². The van der Waals surface area contributed by atoms with Crippen LogP contribution in [0.15, 0.2) is 40.9 Å². The summed E-state index contributed by atoms with van der Waals surface area (Å²) >= 11 is 2.85. The van der Waals surface area contributed by atoms with Crippen molar-refractivity contribution in [2.75, 3.05) is 11.1 Å². The van der Waals surface area contributed by atoms with E-state index in [0.717, 1.165) is 5.82 Å². The third-order valence-electron chi connectivity index (χ3n) is 3.54. The van der Waals surface area contributed by atoms with Gasteiger partial charge in [-0.05, 0) is 24.4 Å². The molecule has 0 unspecified atom stereocenters. The second kappa shape index (κ2) is 8.11. The number of benzene rings is 1. The van der Waals surface area contributed by atoms with E-state index in [4.69, 9.17) is 0 Å². The van der Waals surface area contributed by atoms with E-state index in [9.17, 15) is 14.9 Å². The first-order chi connectivity index (χ1) is 12.5. The fourth-order valence-corrected chi connectivity index (χ4v) is 3.60. The number of thiophene rings is 1. The highest BCUT2D eigenvalue weighted by Gasteiger charge is 2.15. The van der Waals surface area contributed by atoms with Crippen LogP contribution in [0.3, 0.4) is 0 Å². The molecule has 3 rings (SSSR count). The Kier molecular flexibility index (Phi) is 5.64. The van der Waals surface area contributed by atoms with Crippen LogP contribution in [0.1, 0.15) is 16.3 Å².